The van der Waals surface area contributed by atoms with Crippen LogP contribution in [0.2, 0.25) is 0 Å². The largest absolute Gasteiger partial charge is 0.746 e. The van der Waals surface area contributed by atoms with Gasteiger partial charge in [0.15, 0.2) is 0 Å². The van der Waals surface area contributed by atoms with Crippen LogP contribution in [-0.2, 0) is 9.09 Å². The van der Waals surface area contributed by atoms with Crippen molar-refractivity contribution in [1.82, 2.24) is 0 Å². The van der Waals surface area contributed by atoms with E-state index >= 15 is 0 Å². The lowest BCUT2D eigenvalue weighted by Gasteiger charge is -2.22. The average molecular weight is 229 g/mol. The number of unbranched alkanes of at least 4 members (excludes halogenated alkanes) is 1. The van der Waals surface area contributed by atoms with Gasteiger partial charge in [-0.2, -0.15) is 0 Å². The summed E-state index contributed by atoms with van der Waals surface area (Å²) in [4.78, 5) is 11.3. The molecule has 1 unspecified atom stereocenters. The fraction of sp³-hybridized carbons (Fsp3) is 0.400. The van der Waals surface area contributed by atoms with Gasteiger partial charge in [0.25, 0.3) is 0 Å². The Bertz CT molecular complexity index is 325. The summed E-state index contributed by atoms with van der Waals surface area (Å²) in [5.41, 5.74) is 0. The highest BCUT2D eigenvalue weighted by Gasteiger charge is 2.09. The van der Waals surface area contributed by atoms with Crippen molar-refractivity contribution in [3.05, 3.63) is 30.3 Å². The van der Waals surface area contributed by atoms with E-state index < -0.39 is 7.82 Å². The van der Waals surface area contributed by atoms with Crippen molar-refractivity contribution in [2.24, 2.45) is 0 Å². The van der Waals surface area contributed by atoms with Crippen LogP contribution in [0.1, 0.15) is 19.8 Å². The van der Waals surface area contributed by atoms with Gasteiger partial charge in [-0.1, -0.05) is 31.5 Å². The maximum absolute atomic E-state index is 11.3. The van der Waals surface area contributed by atoms with Crippen LogP contribution in [0.25, 0.3) is 0 Å². The van der Waals surface area contributed by atoms with Crippen LogP contribution < -0.4 is 9.42 Å². The Morgan fingerprint density at radius 2 is 2.00 bits per heavy atom. The van der Waals surface area contributed by atoms with Crippen LogP contribution in [0, 0.1) is 0 Å². The second kappa shape index (κ2) is 5.91. The number of phosphoric acid groups is 1. The molecule has 1 atom stereocenters. The molecule has 5 heteroatoms. The van der Waals surface area contributed by atoms with E-state index in [4.69, 9.17) is 4.52 Å². The second-order valence-electron chi connectivity index (χ2n) is 3.04. The lowest BCUT2D eigenvalue weighted by molar-refractivity contribution is -0.217. The fourth-order valence-electron chi connectivity index (χ4n) is 0.957. The lowest BCUT2D eigenvalue weighted by atomic mass is 10.3. The minimum Gasteiger partial charge on any atom is -0.746 e. The summed E-state index contributed by atoms with van der Waals surface area (Å²) >= 11 is 0. The van der Waals surface area contributed by atoms with E-state index in [1.54, 1.807) is 30.3 Å². The van der Waals surface area contributed by atoms with Gasteiger partial charge in [-0.25, -0.2) is 0 Å². The topological polar surface area (TPSA) is 58.6 Å². The molecule has 0 aliphatic carbocycles. The third kappa shape index (κ3) is 4.98. The Kier molecular flexibility index (Phi) is 4.82. The monoisotopic (exact) mass is 229 g/mol. The zero-order valence-electron chi connectivity index (χ0n) is 8.59. The maximum Gasteiger partial charge on any atom is 0.319 e. The van der Waals surface area contributed by atoms with Crippen molar-refractivity contribution in [3.8, 4) is 5.75 Å². The third-order valence-corrected chi connectivity index (χ3v) is 2.64. The summed E-state index contributed by atoms with van der Waals surface area (Å²) in [6.45, 7) is 2.13. The van der Waals surface area contributed by atoms with Crippen molar-refractivity contribution in [2.45, 2.75) is 19.8 Å². The van der Waals surface area contributed by atoms with Crippen LogP contribution >= 0.6 is 7.82 Å². The molecule has 0 fully saturated rings. The number of para-hydroxylation sites is 1. The minimum absolute atomic E-state index is 0.171. The molecule has 0 aliphatic rings. The van der Waals surface area contributed by atoms with Crippen molar-refractivity contribution in [1.29, 1.82) is 0 Å². The van der Waals surface area contributed by atoms with Gasteiger partial charge in [-0.05, 0) is 18.6 Å². The molecule has 0 aromatic heterocycles. The first-order valence-corrected chi connectivity index (χ1v) is 6.30. The molecule has 0 radical (unpaired) electrons. The van der Waals surface area contributed by atoms with E-state index in [0.717, 1.165) is 6.42 Å². The normalized spacial score (nSPS) is 14.5. The van der Waals surface area contributed by atoms with Gasteiger partial charge in [0.2, 0.25) is 0 Å². The Morgan fingerprint density at radius 3 is 2.60 bits per heavy atom. The smallest absolute Gasteiger partial charge is 0.319 e. The summed E-state index contributed by atoms with van der Waals surface area (Å²) in [5.74, 6) is 0.271. The second-order valence-corrected chi connectivity index (χ2v) is 4.37. The van der Waals surface area contributed by atoms with Crippen molar-refractivity contribution < 1.29 is 18.5 Å². The van der Waals surface area contributed by atoms with Gasteiger partial charge in [-0.15, -0.1) is 0 Å². The van der Waals surface area contributed by atoms with Crippen LogP contribution in [0.4, 0.5) is 0 Å². The fourth-order valence-corrected chi connectivity index (χ4v) is 1.74. The molecular formula is C10H14O4P-. The molecule has 0 saturated heterocycles. The number of benzene rings is 1. The Hall–Kier alpha value is -0.830. The highest BCUT2D eigenvalue weighted by molar-refractivity contribution is 7.46. The third-order valence-electron chi connectivity index (χ3n) is 1.71. The molecule has 0 bridgehead atoms. The van der Waals surface area contributed by atoms with Crippen molar-refractivity contribution >= 4 is 7.82 Å². The van der Waals surface area contributed by atoms with E-state index in [1.165, 1.54) is 0 Å². The number of rotatable bonds is 6. The molecule has 0 heterocycles. The number of hydrogen-bond donors (Lipinski definition) is 0. The lowest BCUT2D eigenvalue weighted by Crippen LogP contribution is -2.11. The highest BCUT2D eigenvalue weighted by Crippen LogP contribution is 2.39. The maximum atomic E-state index is 11.3. The van der Waals surface area contributed by atoms with Gasteiger partial charge in [0.1, 0.15) is 5.75 Å². The van der Waals surface area contributed by atoms with Crippen LogP contribution in [0.3, 0.4) is 0 Å². The van der Waals surface area contributed by atoms with E-state index in [0.29, 0.717) is 6.42 Å². The first-order valence-electron chi connectivity index (χ1n) is 4.84. The Balaban J connectivity index is 2.46. The van der Waals surface area contributed by atoms with Crippen LogP contribution in [0.5, 0.6) is 5.75 Å². The van der Waals surface area contributed by atoms with E-state index in [9.17, 15) is 9.46 Å². The van der Waals surface area contributed by atoms with Crippen LogP contribution in [0.15, 0.2) is 30.3 Å². The zero-order valence-corrected chi connectivity index (χ0v) is 9.48. The van der Waals surface area contributed by atoms with Gasteiger partial charge < -0.3 is 13.9 Å². The predicted octanol–water partition coefficient (Wildman–Crippen LogP) is 2.35. The molecule has 1 aromatic rings. The average Bonchev–Trinajstić information content (AvgIpc) is 2.18. The van der Waals surface area contributed by atoms with Crippen molar-refractivity contribution in [2.75, 3.05) is 6.61 Å². The molecule has 0 N–H and O–H groups in total. The quantitative estimate of drug-likeness (QED) is 0.555. The summed E-state index contributed by atoms with van der Waals surface area (Å²) in [6.07, 6.45) is 1.58. The predicted molar refractivity (Wildman–Crippen MR) is 55.5 cm³/mol. The first kappa shape index (κ1) is 12.2. The zero-order chi connectivity index (χ0) is 11.1. The summed E-state index contributed by atoms with van der Waals surface area (Å²) in [5, 5.41) is 0. The summed E-state index contributed by atoms with van der Waals surface area (Å²) in [6, 6.07) is 8.30. The van der Waals surface area contributed by atoms with Gasteiger partial charge >= 0.3 is 7.82 Å². The van der Waals surface area contributed by atoms with Gasteiger partial charge in [0, 0.05) is 0 Å². The van der Waals surface area contributed by atoms with Crippen molar-refractivity contribution in [3.63, 3.8) is 0 Å². The van der Waals surface area contributed by atoms with E-state index in [-0.39, 0.29) is 12.4 Å². The molecule has 0 aliphatic heterocycles. The first-order chi connectivity index (χ1) is 7.14. The Morgan fingerprint density at radius 1 is 1.33 bits per heavy atom. The number of phosphoric ester groups is 1. The minimum atomic E-state index is -4.19. The molecular weight excluding hydrogens is 215 g/mol. The summed E-state index contributed by atoms with van der Waals surface area (Å²) < 4.78 is 20.6. The van der Waals surface area contributed by atoms with Gasteiger partial charge in [-0.3, -0.25) is 4.57 Å². The van der Waals surface area contributed by atoms with Gasteiger partial charge in [0.05, 0.1) is 6.61 Å². The molecule has 4 nitrogen and oxygen atoms in total. The SMILES string of the molecule is CCCCOP(=O)([O-])Oc1ccccc1. The molecule has 15 heavy (non-hydrogen) atoms. The molecule has 1 aromatic carbocycles. The molecule has 0 saturated carbocycles. The molecule has 0 amide bonds. The molecule has 0 spiro atoms. The molecule has 1 rings (SSSR count). The number of hydrogen-bond acceptors (Lipinski definition) is 4. The van der Waals surface area contributed by atoms with E-state index in [1.807, 2.05) is 6.92 Å². The Labute approximate surface area is 89.5 Å². The summed E-state index contributed by atoms with van der Waals surface area (Å²) in [7, 11) is -4.19. The molecule has 84 valence electrons. The van der Waals surface area contributed by atoms with E-state index in [2.05, 4.69) is 4.52 Å². The van der Waals surface area contributed by atoms with Crippen LogP contribution in [-0.4, -0.2) is 6.61 Å². The standard InChI is InChI=1S/C10H15O4P/c1-2-3-9-13-15(11,12)14-10-7-5-4-6-8-10/h4-8H,2-3,9H2,1H3,(H,11,12)/p-1. The highest BCUT2D eigenvalue weighted by atomic mass is 31.2.